The van der Waals surface area contributed by atoms with Crippen LogP contribution in [-0.4, -0.2) is 6.10 Å². The van der Waals surface area contributed by atoms with Crippen molar-refractivity contribution in [2.75, 3.05) is 0 Å². The predicted molar refractivity (Wildman–Crippen MR) is 54.7 cm³/mol. The zero-order valence-electron chi connectivity index (χ0n) is 8.30. The van der Waals surface area contributed by atoms with Crippen molar-refractivity contribution in [2.24, 2.45) is 0 Å². The van der Waals surface area contributed by atoms with E-state index in [1.807, 2.05) is 39.0 Å². The molecule has 1 aromatic carbocycles. The summed E-state index contributed by atoms with van der Waals surface area (Å²) < 4.78 is 5.52. The van der Waals surface area contributed by atoms with Gasteiger partial charge in [0.15, 0.2) is 0 Å². The standard InChI is InChI=1S/C10H13O.BrH.Zn/c1-8(2)11-10-7-5-4-6-9(10)3;;/h5-8H,1-3H3;1H;/q-1;;+2/p-1. The summed E-state index contributed by atoms with van der Waals surface area (Å²) in [6, 6.07) is 8.73. The zero-order chi connectivity index (χ0) is 10.3. The molecular formula is C10H13BrOZn. The van der Waals surface area contributed by atoms with Gasteiger partial charge in [-0.25, -0.2) is 0 Å². The van der Waals surface area contributed by atoms with Gasteiger partial charge in [0, 0.05) is 5.75 Å². The van der Waals surface area contributed by atoms with Crippen LogP contribution in [0, 0.1) is 13.0 Å². The van der Waals surface area contributed by atoms with Crippen molar-refractivity contribution in [3.63, 3.8) is 0 Å². The minimum atomic E-state index is 0.246. The normalized spacial score (nSPS) is 9.15. The third kappa shape index (κ3) is 5.43. The van der Waals surface area contributed by atoms with Crippen LogP contribution in [0.2, 0.25) is 0 Å². The molecule has 0 amide bonds. The Morgan fingerprint density at radius 1 is 1.46 bits per heavy atom. The molecule has 0 saturated heterocycles. The van der Waals surface area contributed by atoms with Crippen molar-refractivity contribution in [2.45, 2.75) is 26.9 Å². The molecule has 0 atom stereocenters. The van der Waals surface area contributed by atoms with Crippen LogP contribution in [0.1, 0.15) is 19.4 Å². The topological polar surface area (TPSA) is 9.23 Å². The van der Waals surface area contributed by atoms with Crippen LogP contribution in [0.15, 0.2) is 18.2 Å². The van der Waals surface area contributed by atoms with Gasteiger partial charge in [0.05, 0.1) is 6.10 Å². The second-order valence-electron chi connectivity index (χ2n) is 2.86. The second-order valence-corrected chi connectivity index (χ2v) is 2.86. The molecule has 0 heterocycles. The Morgan fingerprint density at radius 2 is 2.08 bits per heavy atom. The number of ether oxygens (including phenoxy) is 1. The number of halogens is 1. The van der Waals surface area contributed by atoms with Gasteiger partial charge in [0.2, 0.25) is 0 Å². The molecule has 1 aromatic rings. The minimum absolute atomic E-state index is 0.246. The number of rotatable bonds is 2. The van der Waals surface area contributed by atoms with Crippen LogP contribution in [-0.2, 0) is 16.3 Å². The van der Waals surface area contributed by atoms with Gasteiger partial charge in [-0.3, -0.25) is 0 Å². The quantitative estimate of drug-likeness (QED) is 0.600. The van der Waals surface area contributed by atoms with Gasteiger partial charge < -0.3 is 4.74 Å². The van der Waals surface area contributed by atoms with Crippen LogP contribution >= 0.6 is 13.6 Å². The van der Waals surface area contributed by atoms with Crippen molar-refractivity contribution in [1.29, 1.82) is 0 Å². The van der Waals surface area contributed by atoms with E-state index in [9.17, 15) is 0 Å². The molecule has 0 unspecified atom stereocenters. The molecular weight excluding hydrogens is 281 g/mol. The van der Waals surface area contributed by atoms with Gasteiger partial charge in [0.25, 0.3) is 0 Å². The molecule has 68 valence electrons. The van der Waals surface area contributed by atoms with E-state index in [4.69, 9.17) is 4.74 Å². The Labute approximate surface area is 96.9 Å². The molecule has 0 aliphatic carbocycles. The molecule has 0 N–H and O–H groups in total. The molecule has 0 aliphatic heterocycles. The summed E-state index contributed by atoms with van der Waals surface area (Å²) >= 11 is 4.25. The average Bonchev–Trinajstić information content (AvgIpc) is 2.12. The Bertz CT molecular complexity index is 238. The van der Waals surface area contributed by atoms with E-state index < -0.39 is 0 Å². The number of aryl methyl sites for hydroxylation is 1. The fourth-order valence-electron chi connectivity index (χ4n) is 0.886. The van der Waals surface area contributed by atoms with E-state index in [2.05, 4.69) is 19.7 Å². The summed E-state index contributed by atoms with van der Waals surface area (Å²) in [5, 5.41) is 0. The Morgan fingerprint density at radius 3 is 2.54 bits per heavy atom. The molecule has 0 spiro atoms. The maximum absolute atomic E-state index is 5.52. The Hall–Kier alpha value is 0.123. The van der Waals surface area contributed by atoms with Crippen molar-refractivity contribution in [3.8, 4) is 5.75 Å². The molecule has 1 rings (SSSR count). The fraction of sp³-hybridized carbons (Fsp3) is 0.400. The number of hydrogen-bond donors (Lipinski definition) is 0. The van der Waals surface area contributed by atoms with E-state index in [-0.39, 0.29) is 6.10 Å². The summed E-state index contributed by atoms with van der Waals surface area (Å²) in [7, 11) is 0. The zero-order valence-corrected chi connectivity index (χ0v) is 12.9. The van der Waals surface area contributed by atoms with E-state index in [1.165, 1.54) is 16.3 Å². The molecule has 0 fully saturated rings. The fourth-order valence-corrected chi connectivity index (χ4v) is 0.886. The third-order valence-electron chi connectivity index (χ3n) is 1.38. The molecule has 0 radical (unpaired) electrons. The van der Waals surface area contributed by atoms with Crippen LogP contribution in [0.3, 0.4) is 0 Å². The van der Waals surface area contributed by atoms with Crippen LogP contribution < -0.4 is 4.74 Å². The molecule has 13 heavy (non-hydrogen) atoms. The van der Waals surface area contributed by atoms with Gasteiger partial charge in [-0.05, 0) is 13.8 Å². The summed E-state index contributed by atoms with van der Waals surface area (Å²) in [6.45, 7) is 6.07. The Balaban J connectivity index is 0.000000671. The molecule has 0 aromatic heterocycles. The third-order valence-corrected chi connectivity index (χ3v) is 1.38. The first-order valence-corrected chi connectivity index (χ1v) is 11.0. The van der Waals surface area contributed by atoms with Crippen LogP contribution in [0.4, 0.5) is 0 Å². The van der Waals surface area contributed by atoms with Crippen molar-refractivity contribution < 1.29 is 21.1 Å². The van der Waals surface area contributed by atoms with E-state index in [0.717, 1.165) is 11.3 Å². The van der Waals surface area contributed by atoms with Gasteiger partial charge in [-0.1, -0.05) is 6.92 Å². The van der Waals surface area contributed by atoms with Crippen molar-refractivity contribution in [3.05, 3.63) is 29.8 Å². The van der Waals surface area contributed by atoms with Crippen molar-refractivity contribution >= 4 is 13.6 Å². The monoisotopic (exact) mass is 292 g/mol. The predicted octanol–water partition coefficient (Wildman–Crippen LogP) is 3.43. The number of benzene rings is 1. The van der Waals surface area contributed by atoms with E-state index >= 15 is 0 Å². The van der Waals surface area contributed by atoms with Gasteiger partial charge in [0.1, 0.15) is 0 Å². The second kappa shape index (κ2) is 7.52. The van der Waals surface area contributed by atoms with Crippen LogP contribution in [0.5, 0.6) is 5.75 Å². The first-order chi connectivity index (χ1) is 6.20. The van der Waals surface area contributed by atoms with Gasteiger partial charge in [-0.2, -0.15) is 18.2 Å². The molecule has 1 nitrogen and oxygen atoms in total. The first-order valence-electron chi connectivity index (χ1n) is 4.10. The maximum atomic E-state index is 5.52. The summed E-state index contributed by atoms with van der Waals surface area (Å²) in [6.07, 6.45) is 0.246. The summed E-state index contributed by atoms with van der Waals surface area (Å²) in [5.41, 5.74) is 1.14. The van der Waals surface area contributed by atoms with E-state index in [0.29, 0.717) is 0 Å². The number of hydrogen-bond acceptors (Lipinski definition) is 1. The summed E-state index contributed by atoms with van der Waals surface area (Å²) in [4.78, 5) is 0. The SMILES string of the molecule is Cc1c[c-]ccc1OC(C)C.[Zn+][Br]. The van der Waals surface area contributed by atoms with Crippen LogP contribution in [0.25, 0.3) is 0 Å². The summed E-state index contributed by atoms with van der Waals surface area (Å²) in [5.74, 6) is 0.957. The van der Waals surface area contributed by atoms with E-state index in [1.54, 1.807) is 0 Å². The van der Waals surface area contributed by atoms with Gasteiger partial charge >= 0.3 is 30.0 Å². The molecule has 0 aliphatic rings. The van der Waals surface area contributed by atoms with Gasteiger partial charge in [-0.15, -0.1) is 11.6 Å². The van der Waals surface area contributed by atoms with Crippen molar-refractivity contribution in [1.82, 2.24) is 0 Å². The first kappa shape index (κ1) is 13.1. The molecule has 0 bridgehead atoms. The molecule has 3 heteroatoms. The molecule has 0 saturated carbocycles. The average molecular weight is 295 g/mol. The Kier molecular flexibility index (Phi) is 7.59.